The van der Waals surface area contributed by atoms with Crippen molar-refractivity contribution in [1.29, 1.82) is 0 Å². The third kappa shape index (κ3) is 4.08. The van der Waals surface area contributed by atoms with E-state index < -0.39 is 11.6 Å². The topological polar surface area (TPSA) is 16.1 Å². The SMILES string of the molecule is CCN(Cc1cccc(C)n1)Cc1c(F)ccc(Br)c1F. The summed E-state index contributed by atoms with van der Waals surface area (Å²) in [6.45, 7) is 5.34. The van der Waals surface area contributed by atoms with Gasteiger partial charge in [-0.2, -0.15) is 0 Å². The maximum absolute atomic E-state index is 14.0. The predicted molar refractivity (Wildman–Crippen MR) is 82.8 cm³/mol. The van der Waals surface area contributed by atoms with E-state index in [1.54, 1.807) is 0 Å². The van der Waals surface area contributed by atoms with Gasteiger partial charge in [0.2, 0.25) is 0 Å². The molecular weight excluding hydrogens is 338 g/mol. The summed E-state index contributed by atoms with van der Waals surface area (Å²) in [6.07, 6.45) is 0. The fourth-order valence-corrected chi connectivity index (χ4v) is 2.51. The van der Waals surface area contributed by atoms with E-state index in [0.29, 0.717) is 13.1 Å². The van der Waals surface area contributed by atoms with Gasteiger partial charge in [0, 0.05) is 24.3 Å². The highest BCUT2D eigenvalue weighted by molar-refractivity contribution is 9.10. The van der Waals surface area contributed by atoms with Crippen LogP contribution in [-0.2, 0) is 13.1 Å². The average Bonchev–Trinajstić information content (AvgIpc) is 2.46. The molecule has 1 aromatic carbocycles. The fourth-order valence-electron chi connectivity index (χ4n) is 2.13. The number of halogens is 3. The van der Waals surface area contributed by atoms with Crippen molar-refractivity contribution in [2.45, 2.75) is 26.9 Å². The van der Waals surface area contributed by atoms with Gasteiger partial charge >= 0.3 is 0 Å². The molecule has 0 radical (unpaired) electrons. The molecule has 0 aliphatic carbocycles. The Morgan fingerprint density at radius 2 is 1.90 bits per heavy atom. The predicted octanol–water partition coefficient (Wildman–Crippen LogP) is 4.45. The fraction of sp³-hybridized carbons (Fsp3) is 0.312. The maximum Gasteiger partial charge on any atom is 0.144 e. The van der Waals surface area contributed by atoms with Gasteiger partial charge < -0.3 is 0 Å². The van der Waals surface area contributed by atoms with Crippen LogP contribution in [0.25, 0.3) is 0 Å². The third-order valence-corrected chi connectivity index (χ3v) is 3.91. The van der Waals surface area contributed by atoms with Crippen molar-refractivity contribution < 1.29 is 8.78 Å². The summed E-state index contributed by atoms with van der Waals surface area (Å²) in [5.41, 5.74) is 1.91. The van der Waals surface area contributed by atoms with Crippen LogP contribution in [0.4, 0.5) is 8.78 Å². The lowest BCUT2D eigenvalue weighted by atomic mass is 10.1. The summed E-state index contributed by atoms with van der Waals surface area (Å²) >= 11 is 3.10. The molecule has 0 N–H and O–H groups in total. The first-order valence-electron chi connectivity index (χ1n) is 6.78. The molecule has 0 amide bonds. The lowest BCUT2D eigenvalue weighted by Crippen LogP contribution is -2.24. The molecule has 0 unspecified atom stereocenters. The second-order valence-corrected chi connectivity index (χ2v) is 5.75. The molecule has 1 aromatic heterocycles. The monoisotopic (exact) mass is 354 g/mol. The molecule has 112 valence electrons. The van der Waals surface area contributed by atoms with Crippen LogP contribution in [0.3, 0.4) is 0 Å². The lowest BCUT2D eigenvalue weighted by Gasteiger charge is -2.21. The van der Waals surface area contributed by atoms with Crippen molar-refractivity contribution in [2.24, 2.45) is 0 Å². The van der Waals surface area contributed by atoms with Crippen LogP contribution in [0.2, 0.25) is 0 Å². The van der Waals surface area contributed by atoms with E-state index in [1.807, 2.05) is 36.9 Å². The zero-order valence-electron chi connectivity index (χ0n) is 12.0. The number of pyridine rings is 1. The Morgan fingerprint density at radius 1 is 1.14 bits per heavy atom. The Kier molecular flexibility index (Phi) is 5.42. The minimum Gasteiger partial charge on any atom is -0.293 e. The maximum atomic E-state index is 14.0. The van der Waals surface area contributed by atoms with Gasteiger partial charge in [0.25, 0.3) is 0 Å². The second-order valence-electron chi connectivity index (χ2n) is 4.90. The zero-order chi connectivity index (χ0) is 15.4. The largest absolute Gasteiger partial charge is 0.293 e. The molecule has 1 heterocycles. The van der Waals surface area contributed by atoms with E-state index in [-0.39, 0.29) is 16.6 Å². The van der Waals surface area contributed by atoms with Crippen LogP contribution < -0.4 is 0 Å². The zero-order valence-corrected chi connectivity index (χ0v) is 13.6. The molecule has 0 bridgehead atoms. The van der Waals surface area contributed by atoms with Crippen LogP contribution >= 0.6 is 15.9 Å². The smallest absolute Gasteiger partial charge is 0.144 e. The summed E-state index contributed by atoms with van der Waals surface area (Å²) < 4.78 is 28.1. The van der Waals surface area contributed by atoms with Crippen LogP contribution in [0.1, 0.15) is 23.9 Å². The molecule has 0 spiro atoms. The highest BCUT2D eigenvalue weighted by Crippen LogP contribution is 2.23. The Labute approximate surface area is 131 Å². The van der Waals surface area contributed by atoms with Gasteiger partial charge in [-0.05, 0) is 53.7 Å². The molecule has 2 nitrogen and oxygen atoms in total. The lowest BCUT2D eigenvalue weighted by molar-refractivity contribution is 0.259. The molecule has 0 aliphatic rings. The summed E-state index contributed by atoms with van der Waals surface area (Å²) in [4.78, 5) is 6.38. The molecule has 0 aliphatic heterocycles. The first-order valence-corrected chi connectivity index (χ1v) is 7.57. The number of aromatic nitrogens is 1. The Balaban J connectivity index is 2.18. The van der Waals surface area contributed by atoms with Crippen LogP contribution in [0, 0.1) is 18.6 Å². The van der Waals surface area contributed by atoms with Gasteiger partial charge in [-0.1, -0.05) is 13.0 Å². The normalized spacial score (nSPS) is 11.1. The highest BCUT2D eigenvalue weighted by Gasteiger charge is 2.16. The molecule has 2 aromatic rings. The minimum atomic E-state index is -0.536. The molecule has 5 heteroatoms. The molecule has 0 atom stereocenters. The van der Waals surface area contributed by atoms with Crippen LogP contribution in [-0.4, -0.2) is 16.4 Å². The van der Waals surface area contributed by atoms with Crippen LogP contribution in [0.5, 0.6) is 0 Å². The van der Waals surface area contributed by atoms with Crippen molar-refractivity contribution in [3.8, 4) is 0 Å². The number of nitrogens with zero attached hydrogens (tertiary/aromatic N) is 2. The molecule has 0 saturated heterocycles. The van der Waals surface area contributed by atoms with E-state index in [4.69, 9.17) is 0 Å². The molecular formula is C16H17BrF2N2. The number of hydrogen-bond donors (Lipinski definition) is 0. The van der Waals surface area contributed by atoms with Gasteiger partial charge in [0.1, 0.15) is 11.6 Å². The Hall–Kier alpha value is -1.33. The number of benzene rings is 1. The van der Waals surface area contributed by atoms with Crippen molar-refractivity contribution >= 4 is 15.9 Å². The third-order valence-electron chi connectivity index (χ3n) is 3.30. The average molecular weight is 355 g/mol. The summed E-state index contributed by atoms with van der Waals surface area (Å²) in [5.74, 6) is -1.06. The molecule has 21 heavy (non-hydrogen) atoms. The van der Waals surface area contributed by atoms with Crippen molar-refractivity contribution in [1.82, 2.24) is 9.88 Å². The first-order chi connectivity index (χ1) is 10.0. The summed E-state index contributed by atoms with van der Waals surface area (Å²) in [5, 5.41) is 0. The van der Waals surface area contributed by atoms with Gasteiger partial charge in [-0.3, -0.25) is 9.88 Å². The molecule has 0 fully saturated rings. The van der Waals surface area contributed by atoms with Gasteiger partial charge in [0.15, 0.2) is 0 Å². The summed E-state index contributed by atoms with van der Waals surface area (Å²) in [7, 11) is 0. The van der Waals surface area contributed by atoms with E-state index in [9.17, 15) is 8.78 Å². The second kappa shape index (κ2) is 7.09. The van der Waals surface area contributed by atoms with Gasteiger partial charge in [0.05, 0.1) is 10.2 Å². The van der Waals surface area contributed by atoms with E-state index >= 15 is 0 Å². The van der Waals surface area contributed by atoms with Crippen molar-refractivity contribution in [2.75, 3.05) is 6.54 Å². The molecule has 0 saturated carbocycles. The quantitative estimate of drug-likeness (QED) is 0.737. The Bertz CT molecular complexity index is 632. The molecule has 2 rings (SSSR count). The van der Waals surface area contributed by atoms with Crippen molar-refractivity contribution in [3.63, 3.8) is 0 Å². The minimum absolute atomic E-state index is 0.0823. The van der Waals surface area contributed by atoms with Crippen molar-refractivity contribution in [3.05, 3.63) is 63.4 Å². The number of rotatable bonds is 5. The Morgan fingerprint density at radius 3 is 2.57 bits per heavy atom. The van der Waals surface area contributed by atoms with E-state index in [1.165, 1.54) is 12.1 Å². The van der Waals surface area contributed by atoms with Crippen LogP contribution in [0.15, 0.2) is 34.8 Å². The van der Waals surface area contributed by atoms with Gasteiger partial charge in [-0.15, -0.1) is 0 Å². The summed E-state index contributed by atoms with van der Waals surface area (Å²) in [6, 6.07) is 8.44. The van der Waals surface area contributed by atoms with E-state index in [0.717, 1.165) is 11.4 Å². The number of aryl methyl sites for hydroxylation is 1. The first kappa shape index (κ1) is 16.0. The standard InChI is InChI=1S/C16H17BrF2N2/c1-3-21(9-12-6-4-5-11(2)20-12)10-13-15(18)8-7-14(17)16(13)19/h4-8H,3,9-10H2,1-2H3. The van der Waals surface area contributed by atoms with Gasteiger partial charge in [-0.25, -0.2) is 8.78 Å². The number of hydrogen-bond acceptors (Lipinski definition) is 2. The highest BCUT2D eigenvalue weighted by atomic mass is 79.9. The van der Waals surface area contributed by atoms with E-state index in [2.05, 4.69) is 20.9 Å².